The Hall–Kier alpha value is -6.38. The highest BCUT2D eigenvalue weighted by Crippen LogP contribution is 2.37. The average molecular weight is 1060 g/mol. The lowest BCUT2D eigenvalue weighted by molar-refractivity contribution is -0.138. The van der Waals surface area contributed by atoms with Crippen LogP contribution < -0.4 is 20.7 Å². The van der Waals surface area contributed by atoms with E-state index in [2.05, 4.69) is 20.9 Å². The molecule has 0 saturated carbocycles. The molecule has 2 saturated heterocycles. The molecule has 0 spiro atoms. The molecule has 2 fully saturated rings. The fourth-order valence-electron chi connectivity index (χ4n) is 8.05. The summed E-state index contributed by atoms with van der Waals surface area (Å²) in [4.78, 5) is 79.3. The molecule has 0 radical (unpaired) electrons. The lowest BCUT2D eigenvalue weighted by atomic mass is 10.0. The minimum Gasteiger partial charge on any atom is -0.382 e. The van der Waals surface area contributed by atoms with E-state index in [0.717, 1.165) is 21.9 Å². The molecule has 4 aromatic rings. The number of fused-ring (bicyclic) bond motifs is 1. The van der Waals surface area contributed by atoms with Gasteiger partial charge in [0, 0.05) is 73.6 Å². The number of nitrogens with zero attached hydrogens (tertiary/aromatic N) is 3. The van der Waals surface area contributed by atoms with E-state index < -0.39 is 82.5 Å². The van der Waals surface area contributed by atoms with Crippen LogP contribution in [0.1, 0.15) is 50.3 Å². The number of rotatable bonds is 22. The summed E-state index contributed by atoms with van der Waals surface area (Å²) in [6.07, 6.45) is 0.349. The molecule has 384 valence electrons. The zero-order valence-electron chi connectivity index (χ0n) is 38.4. The van der Waals surface area contributed by atoms with Crippen molar-refractivity contribution in [3.05, 3.63) is 114 Å². The molecule has 25 heteroatoms. The average Bonchev–Trinajstić information content (AvgIpc) is 3.61. The SMILES string of the molecule is O=C1CCC(N2C(=O)c3cccc(NCCOCCOCC(=O)N4CCN(CC[C@H](CSc5ccccc5)Nc5ccc(S(=O)(=O)NC(=O)c6ccccc6)cc5S(=O)(=O)C(F)(F)F)CC4)c3C2=O)C(=O)N1. The summed E-state index contributed by atoms with van der Waals surface area (Å²) in [5, 5.41) is 8.19. The normalized spacial score (nSPS) is 17.1. The molecule has 3 heterocycles. The molecule has 6 amide bonds. The Morgan fingerprint density at radius 2 is 1.50 bits per heavy atom. The number of ether oxygens (including phenoxy) is 2. The van der Waals surface area contributed by atoms with Crippen LogP contribution in [0.2, 0.25) is 0 Å². The number of imide groups is 2. The number of piperazine rings is 1. The molecule has 72 heavy (non-hydrogen) atoms. The third-order valence-corrected chi connectivity index (χ3v) is 15.9. The van der Waals surface area contributed by atoms with Gasteiger partial charge in [-0.15, -0.1) is 11.8 Å². The van der Waals surface area contributed by atoms with Gasteiger partial charge in [-0.25, -0.2) is 21.6 Å². The van der Waals surface area contributed by atoms with Gasteiger partial charge in [-0.2, -0.15) is 13.2 Å². The van der Waals surface area contributed by atoms with Gasteiger partial charge >= 0.3 is 5.51 Å². The van der Waals surface area contributed by atoms with Gasteiger partial charge in [-0.3, -0.25) is 43.9 Å². The molecule has 4 N–H and O–H groups in total. The summed E-state index contributed by atoms with van der Waals surface area (Å²) in [6, 6.07) is 21.5. The number of anilines is 2. The molecule has 7 rings (SSSR count). The number of hydrogen-bond donors (Lipinski definition) is 4. The zero-order valence-corrected chi connectivity index (χ0v) is 40.8. The zero-order chi connectivity index (χ0) is 51.6. The smallest absolute Gasteiger partial charge is 0.382 e. The Kier molecular flexibility index (Phi) is 17.4. The van der Waals surface area contributed by atoms with E-state index >= 15 is 0 Å². The van der Waals surface area contributed by atoms with Gasteiger partial charge < -0.3 is 25.0 Å². The number of carbonyl (C=O) groups excluding carboxylic acids is 6. The summed E-state index contributed by atoms with van der Waals surface area (Å²) in [5.74, 6) is -3.48. The topological polar surface area (TPSA) is 247 Å². The van der Waals surface area contributed by atoms with Crippen molar-refractivity contribution in [1.82, 2.24) is 24.7 Å². The van der Waals surface area contributed by atoms with E-state index in [-0.39, 0.29) is 74.2 Å². The monoisotopic (exact) mass is 1060 g/mol. The standard InChI is InChI=1S/C47H50F3N7O12S3/c48-47(49,50)71(64,65)39-28-34(72(66,67)54-43(60)31-8-3-1-4-9-31)14-15-36(39)52-32(30-70-33-10-5-2-6-11-33)18-20-55-21-23-56(24-22-55)41(59)29-69-27-26-68-25-19-51-37-13-7-12-35-42(37)46(63)57(45(35)62)38-16-17-40(58)53-44(38)61/h1-15,28,32,38,51-52H,16-27,29-30H2,(H,54,60)(H,53,58,61)/t32-,38?/m1/s1. The molecule has 3 aliphatic rings. The number of carbonyl (C=O) groups is 6. The lowest BCUT2D eigenvalue weighted by Crippen LogP contribution is -2.54. The third kappa shape index (κ3) is 13.0. The minimum atomic E-state index is -6.12. The maximum atomic E-state index is 14.1. The van der Waals surface area contributed by atoms with Crippen LogP contribution in [0.15, 0.2) is 112 Å². The van der Waals surface area contributed by atoms with Crippen LogP contribution in [-0.4, -0.2) is 156 Å². The van der Waals surface area contributed by atoms with Crippen LogP contribution >= 0.6 is 11.8 Å². The van der Waals surface area contributed by atoms with Gasteiger partial charge in [0.25, 0.3) is 37.6 Å². The number of thioether (sulfide) groups is 1. The summed E-state index contributed by atoms with van der Waals surface area (Å²) < 4.78 is 108. The van der Waals surface area contributed by atoms with Crippen molar-refractivity contribution < 1.29 is 68.2 Å². The Labute approximate surface area is 417 Å². The first-order chi connectivity index (χ1) is 34.3. The Bertz CT molecular complexity index is 2890. The number of amides is 6. The lowest BCUT2D eigenvalue weighted by Gasteiger charge is -2.35. The van der Waals surface area contributed by atoms with E-state index in [1.165, 1.54) is 42.1 Å². The maximum Gasteiger partial charge on any atom is 0.501 e. The van der Waals surface area contributed by atoms with E-state index in [1.807, 2.05) is 30.3 Å². The number of benzene rings is 4. The number of sulfonamides is 1. The van der Waals surface area contributed by atoms with Crippen molar-refractivity contribution >= 4 is 78.4 Å². The second-order valence-corrected chi connectivity index (χ2v) is 21.3. The first-order valence-corrected chi connectivity index (χ1v) is 26.6. The highest BCUT2D eigenvalue weighted by atomic mass is 32.2. The van der Waals surface area contributed by atoms with Crippen LogP contribution in [0.5, 0.6) is 0 Å². The van der Waals surface area contributed by atoms with E-state index in [9.17, 15) is 58.8 Å². The van der Waals surface area contributed by atoms with Crippen LogP contribution in [0.25, 0.3) is 0 Å². The van der Waals surface area contributed by atoms with Gasteiger partial charge in [0.1, 0.15) is 17.5 Å². The molecular weight excluding hydrogens is 1010 g/mol. The van der Waals surface area contributed by atoms with Crippen molar-refractivity contribution in [2.45, 2.75) is 51.5 Å². The highest BCUT2D eigenvalue weighted by Gasteiger charge is 2.49. The number of alkyl halides is 3. The fourth-order valence-corrected chi connectivity index (χ4v) is 11.1. The van der Waals surface area contributed by atoms with Gasteiger partial charge in [0.15, 0.2) is 0 Å². The van der Waals surface area contributed by atoms with Crippen molar-refractivity contribution in [3.8, 4) is 0 Å². The quantitative estimate of drug-likeness (QED) is 0.0497. The summed E-state index contributed by atoms with van der Waals surface area (Å²) in [6.45, 7) is 2.50. The molecule has 0 aliphatic carbocycles. The first kappa shape index (κ1) is 53.4. The number of hydrogen-bond acceptors (Lipinski definition) is 16. The molecular formula is C47H50F3N7O12S3. The Balaban J connectivity index is 0.875. The van der Waals surface area contributed by atoms with Gasteiger partial charge in [0.05, 0.1) is 41.5 Å². The van der Waals surface area contributed by atoms with Gasteiger partial charge in [-0.05, 0) is 67.4 Å². The van der Waals surface area contributed by atoms with Crippen LogP contribution in [-0.2, 0) is 43.7 Å². The van der Waals surface area contributed by atoms with Crippen molar-refractivity contribution in [2.24, 2.45) is 0 Å². The predicted octanol–water partition coefficient (Wildman–Crippen LogP) is 3.75. The Morgan fingerprint density at radius 1 is 0.806 bits per heavy atom. The molecule has 0 aromatic heterocycles. The van der Waals surface area contributed by atoms with E-state index in [1.54, 1.807) is 27.8 Å². The van der Waals surface area contributed by atoms with Gasteiger partial charge in [-0.1, -0.05) is 42.5 Å². The molecule has 19 nitrogen and oxygen atoms in total. The predicted molar refractivity (Wildman–Crippen MR) is 256 cm³/mol. The summed E-state index contributed by atoms with van der Waals surface area (Å²) in [7, 11) is -11.0. The van der Waals surface area contributed by atoms with E-state index in [4.69, 9.17) is 9.47 Å². The van der Waals surface area contributed by atoms with Crippen LogP contribution in [0.4, 0.5) is 24.5 Å². The van der Waals surface area contributed by atoms with Crippen LogP contribution in [0, 0.1) is 0 Å². The minimum absolute atomic E-state index is 0.00565. The molecule has 4 aromatic carbocycles. The third-order valence-electron chi connectivity index (χ3n) is 11.8. The second-order valence-electron chi connectivity index (χ2n) is 16.7. The van der Waals surface area contributed by atoms with E-state index in [0.29, 0.717) is 50.9 Å². The van der Waals surface area contributed by atoms with Crippen molar-refractivity contribution in [3.63, 3.8) is 0 Å². The largest absolute Gasteiger partial charge is 0.501 e. The number of halogens is 3. The first-order valence-electron chi connectivity index (χ1n) is 22.6. The molecule has 1 unspecified atom stereocenters. The number of piperidine rings is 1. The van der Waals surface area contributed by atoms with Gasteiger partial charge in [0.2, 0.25) is 17.7 Å². The Morgan fingerprint density at radius 3 is 2.19 bits per heavy atom. The maximum absolute atomic E-state index is 14.1. The summed E-state index contributed by atoms with van der Waals surface area (Å²) >= 11 is 1.38. The van der Waals surface area contributed by atoms with Crippen molar-refractivity contribution in [2.75, 3.05) is 82.1 Å². The summed E-state index contributed by atoms with van der Waals surface area (Å²) in [5.41, 5.74) is -5.68. The molecule has 3 aliphatic heterocycles. The fraction of sp³-hybridized carbons (Fsp3) is 0.362. The van der Waals surface area contributed by atoms with Crippen LogP contribution in [0.3, 0.4) is 0 Å². The number of sulfone groups is 1. The number of nitrogens with one attached hydrogen (secondary N) is 4. The highest BCUT2D eigenvalue weighted by molar-refractivity contribution is 7.99. The molecule has 0 bridgehead atoms. The van der Waals surface area contributed by atoms with Crippen molar-refractivity contribution in [1.29, 1.82) is 0 Å². The second kappa shape index (κ2) is 23.4. The molecule has 2 atom stereocenters.